The van der Waals surface area contributed by atoms with Crippen LogP contribution in [0.2, 0.25) is 0 Å². The molecule has 0 saturated carbocycles. The summed E-state index contributed by atoms with van der Waals surface area (Å²) in [5.74, 6) is 0. The van der Waals surface area contributed by atoms with E-state index in [1.807, 2.05) is 0 Å². The zero-order chi connectivity index (χ0) is 7.07. The summed E-state index contributed by atoms with van der Waals surface area (Å²) in [6.45, 7) is 0. The lowest BCUT2D eigenvalue weighted by Crippen LogP contribution is -1.53. The van der Waals surface area contributed by atoms with Crippen molar-refractivity contribution in [3.8, 4) is 0 Å². The summed E-state index contributed by atoms with van der Waals surface area (Å²) < 4.78 is 8.44. The van der Waals surface area contributed by atoms with Crippen LogP contribution in [0, 0.1) is 0 Å². The van der Waals surface area contributed by atoms with Crippen molar-refractivity contribution in [1.82, 2.24) is 20.5 Å². The van der Waals surface area contributed by atoms with Gasteiger partial charge in [0.25, 0.3) is 0 Å². The summed E-state index contributed by atoms with van der Waals surface area (Å²) in [6, 6.07) is 0. The minimum atomic E-state index is 1.26. The fourth-order valence-corrected chi connectivity index (χ4v) is 0.272. The highest BCUT2D eigenvalue weighted by Crippen LogP contribution is 1.64. The second-order valence-corrected chi connectivity index (χ2v) is 1.17. The maximum absolute atomic E-state index is 4.36. The van der Waals surface area contributed by atoms with Crippen LogP contribution in [0.1, 0.15) is 0 Å². The number of rotatable bonds is 0. The molecule has 0 amide bonds. The molecule has 0 atom stereocenters. The van der Waals surface area contributed by atoms with E-state index in [1.54, 1.807) is 0 Å². The van der Waals surface area contributed by atoms with Crippen molar-refractivity contribution in [1.29, 1.82) is 0 Å². The maximum Gasteiger partial charge on any atom is 0.203 e. The highest BCUT2D eigenvalue weighted by molar-refractivity contribution is 4.51. The molecule has 0 fully saturated rings. The van der Waals surface area contributed by atoms with Crippen LogP contribution in [0.4, 0.5) is 0 Å². The van der Waals surface area contributed by atoms with Crippen molar-refractivity contribution in [2.45, 2.75) is 0 Å². The van der Waals surface area contributed by atoms with E-state index in [0.717, 1.165) is 0 Å². The van der Waals surface area contributed by atoms with Crippen molar-refractivity contribution in [3.05, 3.63) is 25.2 Å². The molecule has 2 heterocycles. The van der Waals surface area contributed by atoms with Crippen LogP contribution in [0.3, 0.4) is 0 Å². The molecule has 10 heavy (non-hydrogen) atoms. The Kier molecular flexibility index (Phi) is 2.68. The summed E-state index contributed by atoms with van der Waals surface area (Å²) in [4.78, 5) is 0. The lowest BCUT2D eigenvalue weighted by molar-refractivity contribution is 0.307. The van der Waals surface area contributed by atoms with E-state index in [9.17, 15) is 0 Å². The van der Waals surface area contributed by atoms with Crippen molar-refractivity contribution in [2.24, 2.45) is 0 Å². The van der Waals surface area contributed by atoms with E-state index in [1.165, 1.54) is 25.2 Å². The minimum absolute atomic E-state index is 1.26. The van der Waals surface area contributed by atoms with Gasteiger partial charge in [0.1, 0.15) is 0 Å². The van der Waals surface area contributed by atoms with Gasteiger partial charge in [-0.15, -0.1) is 10.2 Å². The Hall–Kier alpha value is -1.72. The Balaban J connectivity index is 0.0000001000. The first kappa shape index (κ1) is 6.40. The monoisotopic (exact) mass is 140 g/mol. The van der Waals surface area contributed by atoms with Crippen molar-refractivity contribution in [2.75, 3.05) is 0 Å². The standard InChI is InChI=1S/2C2H2N2O/c1-3-4-2-5-1;1-2-4-5-3-1/h2*1-2H. The first-order valence-corrected chi connectivity index (χ1v) is 2.40. The normalized spacial score (nSPS) is 8.00. The van der Waals surface area contributed by atoms with Crippen molar-refractivity contribution >= 4 is 0 Å². The molecule has 0 saturated heterocycles. The quantitative estimate of drug-likeness (QED) is 0.517. The van der Waals surface area contributed by atoms with Gasteiger partial charge in [0.2, 0.25) is 12.8 Å². The zero-order valence-electron chi connectivity index (χ0n) is 4.91. The van der Waals surface area contributed by atoms with E-state index in [4.69, 9.17) is 0 Å². The van der Waals surface area contributed by atoms with Gasteiger partial charge in [-0.2, -0.15) is 0 Å². The van der Waals surface area contributed by atoms with E-state index >= 15 is 0 Å². The molecule has 6 heteroatoms. The summed E-state index contributed by atoms with van der Waals surface area (Å²) in [5, 5.41) is 13.1. The molecule has 0 spiro atoms. The van der Waals surface area contributed by atoms with Gasteiger partial charge in [0, 0.05) is 0 Å². The van der Waals surface area contributed by atoms with E-state index in [2.05, 4.69) is 29.6 Å². The average Bonchev–Trinajstić information content (AvgIpc) is 2.67. The molecular formula is C4H4N4O2. The Morgan fingerprint density at radius 3 is 1.70 bits per heavy atom. The largest absolute Gasteiger partial charge is 0.431 e. The SMILES string of the molecule is c1cnon1.c1nnco1. The van der Waals surface area contributed by atoms with Gasteiger partial charge < -0.3 is 4.42 Å². The highest BCUT2D eigenvalue weighted by atomic mass is 16.6. The van der Waals surface area contributed by atoms with E-state index in [0.29, 0.717) is 0 Å². The third-order valence-electron chi connectivity index (χ3n) is 0.565. The molecule has 6 nitrogen and oxygen atoms in total. The third kappa shape index (κ3) is 2.55. The van der Waals surface area contributed by atoms with Crippen LogP contribution >= 0.6 is 0 Å². The second kappa shape index (κ2) is 4.19. The molecule has 0 unspecified atom stereocenters. The summed E-state index contributed by atoms with van der Waals surface area (Å²) in [6.07, 6.45) is 5.47. The number of hydrogen-bond acceptors (Lipinski definition) is 6. The molecule has 0 aliphatic heterocycles. The topological polar surface area (TPSA) is 77.8 Å². The molecule has 2 rings (SSSR count). The van der Waals surface area contributed by atoms with Crippen LogP contribution in [0.25, 0.3) is 0 Å². The Labute approximate surface area is 55.8 Å². The van der Waals surface area contributed by atoms with Gasteiger partial charge in [0.15, 0.2) is 0 Å². The molecule has 0 aliphatic rings. The molecular weight excluding hydrogens is 136 g/mol. The van der Waals surface area contributed by atoms with Gasteiger partial charge in [-0.1, -0.05) is 10.3 Å². The highest BCUT2D eigenvalue weighted by Gasteiger charge is 1.61. The van der Waals surface area contributed by atoms with Crippen LogP contribution in [0.5, 0.6) is 0 Å². The molecule has 0 radical (unpaired) electrons. The van der Waals surface area contributed by atoms with Gasteiger partial charge in [0.05, 0.1) is 12.4 Å². The summed E-state index contributed by atoms with van der Waals surface area (Å²) in [7, 11) is 0. The van der Waals surface area contributed by atoms with Gasteiger partial charge in [-0.25, -0.2) is 4.63 Å². The average molecular weight is 140 g/mol. The molecule has 2 aromatic heterocycles. The lowest BCUT2D eigenvalue weighted by Gasteiger charge is -1.45. The molecule has 0 bridgehead atoms. The van der Waals surface area contributed by atoms with Crippen molar-refractivity contribution < 1.29 is 9.05 Å². The Bertz CT molecular complexity index is 154. The maximum atomic E-state index is 4.36. The molecule has 0 aliphatic carbocycles. The fourth-order valence-electron chi connectivity index (χ4n) is 0.272. The van der Waals surface area contributed by atoms with Crippen LogP contribution in [-0.2, 0) is 0 Å². The van der Waals surface area contributed by atoms with Gasteiger partial charge >= 0.3 is 0 Å². The number of nitrogens with zero attached hydrogens (tertiary/aromatic N) is 4. The fraction of sp³-hybridized carbons (Fsp3) is 0. The minimum Gasteiger partial charge on any atom is -0.431 e. The van der Waals surface area contributed by atoms with Crippen LogP contribution in [0.15, 0.2) is 34.2 Å². The molecule has 0 N–H and O–H groups in total. The number of aromatic nitrogens is 4. The Morgan fingerprint density at radius 2 is 1.50 bits per heavy atom. The Morgan fingerprint density at radius 1 is 0.900 bits per heavy atom. The zero-order valence-corrected chi connectivity index (χ0v) is 4.91. The molecule has 0 aromatic carbocycles. The number of hydrogen-bond donors (Lipinski definition) is 0. The van der Waals surface area contributed by atoms with Gasteiger partial charge in [-0.05, 0) is 0 Å². The van der Waals surface area contributed by atoms with E-state index < -0.39 is 0 Å². The third-order valence-corrected chi connectivity index (χ3v) is 0.565. The lowest BCUT2D eigenvalue weighted by atomic mass is 11.0. The second-order valence-electron chi connectivity index (χ2n) is 1.17. The van der Waals surface area contributed by atoms with Crippen LogP contribution in [-0.4, -0.2) is 20.5 Å². The summed E-state index contributed by atoms with van der Waals surface area (Å²) in [5.41, 5.74) is 0. The molecule has 52 valence electrons. The van der Waals surface area contributed by atoms with Crippen molar-refractivity contribution in [3.63, 3.8) is 0 Å². The first-order valence-electron chi connectivity index (χ1n) is 2.40. The van der Waals surface area contributed by atoms with Gasteiger partial charge in [-0.3, -0.25) is 0 Å². The predicted molar refractivity (Wildman–Crippen MR) is 28.6 cm³/mol. The molecule has 2 aromatic rings. The summed E-state index contributed by atoms with van der Waals surface area (Å²) >= 11 is 0. The first-order chi connectivity index (χ1) is 5.00. The van der Waals surface area contributed by atoms with E-state index in [-0.39, 0.29) is 0 Å². The van der Waals surface area contributed by atoms with Crippen LogP contribution < -0.4 is 0 Å². The smallest absolute Gasteiger partial charge is 0.203 e. The predicted octanol–water partition coefficient (Wildman–Crippen LogP) is 0.139.